The lowest BCUT2D eigenvalue weighted by atomic mass is 9.87. The number of amides is 2. The molecule has 2 fully saturated rings. The van der Waals surface area contributed by atoms with Crippen molar-refractivity contribution in [3.8, 4) is 11.5 Å². The molecule has 3 heterocycles. The second-order valence-corrected chi connectivity index (χ2v) is 16.5. The van der Waals surface area contributed by atoms with Crippen LogP contribution in [0.2, 0.25) is 0 Å². The summed E-state index contributed by atoms with van der Waals surface area (Å²) in [6, 6.07) is 12.7. The zero-order chi connectivity index (χ0) is 36.7. The molecular formula is C37H49N5O9S. The van der Waals surface area contributed by atoms with E-state index in [-0.39, 0.29) is 55.4 Å². The van der Waals surface area contributed by atoms with Crippen molar-refractivity contribution < 1.29 is 42.1 Å². The van der Waals surface area contributed by atoms with Gasteiger partial charge >= 0.3 is 12.1 Å². The summed E-state index contributed by atoms with van der Waals surface area (Å²) in [5.74, 6) is 0.930. The molecule has 3 N–H and O–H groups in total. The first-order valence-electron chi connectivity index (χ1n) is 18.0. The van der Waals surface area contributed by atoms with Crippen LogP contribution in [0.15, 0.2) is 72.1 Å². The lowest BCUT2D eigenvalue weighted by Crippen LogP contribution is -2.52. The SMILES string of the molecule is CC(C)(CCCCNC(=O)n1ccnc1)CN(C[C@@H](O)[C@H](Cc1ccccc1)NC(=O)O[C@H]1CO[C@H]2CCC[C@H]21)S(=O)(=O)c1ccc2c(c1)OCO2. The van der Waals surface area contributed by atoms with Gasteiger partial charge in [-0.25, -0.2) is 23.0 Å². The van der Waals surface area contributed by atoms with Crippen LogP contribution in [0.1, 0.15) is 57.9 Å². The average Bonchev–Trinajstić information content (AvgIpc) is 3.95. The molecule has 2 aliphatic heterocycles. The number of nitrogens with zero attached hydrogens (tertiary/aromatic N) is 3. The number of nitrogens with one attached hydrogen (secondary N) is 2. The first-order chi connectivity index (χ1) is 25.0. The van der Waals surface area contributed by atoms with Crippen molar-refractivity contribution in [1.29, 1.82) is 0 Å². The third-order valence-corrected chi connectivity index (χ3v) is 11.9. The standard InChI is InChI=1S/C37H49N5O9S/c1-37(2,15-6-7-16-39-35(44)41-18-17-38-24-41)23-42(52(46,47)27-13-14-32-33(20-27)50-25-49-32)21-30(43)29(19-26-9-4-3-5-10-26)40-36(45)51-34-22-48-31-12-8-11-28(31)34/h3-5,9-10,13-14,17-18,20,24,28-31,34,43H,6-8,11-12,15-16,19,21-23,25H2,1-2H3,(H,39,44)(H,40,45)/t28-,29+,30-,31+,34+/m1/s1. The molecule has 2 amide bonds. The number of aliphatic hydroxyl groups is 1. The molecule has 0 unspecified atom stereocenters. The molecule has 282 valence electrons. The molecule has 6 rings (SSSR count). The minimum absolute atomic E-state index is 0.00120. The smallest absolute Gasteiger partial charge is 0.407 e. The summed E-state index contributed by atoms with van der Waals surface area (Å²) in [5, 5.41) is 17.6. The topological polar surface area (TPSA) is 171 Å². The van der Waals surface area contributed by atoms with Crippen molar-refractivity contribution in [3.63, 3.8) is 0 Å². The van der Waals surface area contributed by atoms with E-state index in [0.29, 0.717) is 43.9 Å². The third-order valence-electron chi connectivity index (χ3n) is 10.1. The highest BCUT2D eigenvalue weighted by atomic mass is 32.2. The Hall–Kier alpha value is -4.18. The summed E-state index contributed by atoms with van der Waals surface area (Å²) in [7, 11) is -4.17. The molecule has 1 aromatic heterocycles. The zero-order valence-electron chi connectivity index (χ0n) is 29.7. The Kier molecular flexibility index (Phi) is 12.0. The second kappa shape index (κ2) is 16.7. The highest BCUT2D eigenvalue weighted by molar-refractivity contribution is 7.89. The predicted molar refractivity (Wildman–Crippen MR) is 190 cm³/mol. The van der Waals surface area contributed by atoms with Gasteiger partial charge in [-0.05, 0) is 55.2 Å². The Morgan fingerprint density at radius 3 is 2.71 bits per heavy atom. The number of benzene rings is 2. The van der Waals surface area contributed by atoms with Crippen LogP contribution in [0.5, 0.6) is 11.5 Å². The number of alkyl carbamates (subject to hydrolysis) is 1. The van der Waals surface area contributed by atoms with Crippen molar-refractivity contribution in [2.24, 2.45) is 11.3 Å². The summed E-state index contributed by atoms with van der Waals surface area (Å²) < 4.78 is 54.0. The van der Waals surface area contributed by atoms with Crippen LogP contribution in [0.25, 0.3) is 0 Å². The van der Waals surface area contributed by atoms with Crippen LogP contribution >= 0.6 is 0 Å². The second-order valence-electron chi connectivity index (χ2n) is 14.6. The predicted octanol–water partition coefficient (Wildman–Crippen LogP) is 4.32. The fourth-order valence-corrected chi connectivity index (χ4v) is 8.91. The molecule has 3 aromatic rings. The molecule has 0 spiro atoms. The minimum atomic E-state index is -4.17. The van der Waals surface area contributed by atoms with E-state index in [9.17, 15) is 23.1 Å². The molecular weight excluding hydrogens is 691 g/mol. The van der Waals surface area contributed by atoms with Crippen LogP contribution in [0.3, 0.4) is 0 Å². The van der Waals surface area contributed by atoms with Gasteiger partial charge in [0, 0.05) is 44.0 Å². The van der Waals surface area contributed by atoms with E-state index in [1.54, 1.807) is 12.3 Å². The molecule has 14 nitrogen and oxygen atoms in total. The average molecular weight is 740 g/mol. The van der Waals surface area contributed by atoms with Crippen molar-refractivity contribution in [3.05, 3.63) is 72.8 Å². The van der Waals surface area contributed by atoms with E-state index in [1.807, 2.05) is 44.2 Å². The van der Waals surface area contributed by atoms with Gasteiger partial charge in [-0.3, -0.25) is 4.57 Å². The number of sulfonamides is 1. The van der Waals surface area contributed by atoms with Gasteiger partial charge in [0.1, 0.15) is 12.4 Å². The normalized spacial score (nSPS) is 20.7. The summed E-state index contributed by atoms with van der Waals surface area (Å²) in [5.41, 5.74) is 0.330. The Bertz CT molecular complexity index is 1760. The van der Waals surface area contributed by atoms with E-state index >= 15 is 0 Å². The third kappa shape index (κ3) is 9.43. The monoisotopic (exact) mass is 739 g/mol. The quantitative estimate of drug-likeness (QED) is 0.180. The maximum atomic E-state index is 14.4. The van der Waals surface area contributed by atoms with E-state index in [2.05, 4.69) is 15.6 Å². The summed E-state index contributed by atoms with van der Waals surface area (Å²) >= 11 is 0. The Morgan fingerprint density at radius 2 is 1.92 bits per heavy atom. The van der Waals surface area contributed by atoms with Crippen LogP contribution in [0.4, 0.5) is 9.59 Å². The molecule has 1 saturated carbocycles. The summed E-state index contributed by atoms with van der Waals surface area (Å²) in [6.45, 7) is 4.51. The van der Waals surface area contributed by atoms with Gasteiger partial charge < -0.3 is 34.7 Å². The van der Waals surface area contributed by atoms with Gasteiger partial charge in [0.2, 0.25) is 16.8 Å². The number of aliphatic hydroxyl groups excluding tert-OH is 1. The van der Waals surface area contributed by atoms with E-state index in [1.165, 1.54) is 33.5 Å². The molecule has 0 radical (unpaired) electrons. The number of rotatable bonds is 16. The molecule has 1 saturated heterocycles. The summed E-state index contributed by atoms with van der Waals surface area (Å²) in [6.07, 6.45) is 7.48. The first kappa shape index (κ1) is 37.6. The highest BCUT2D eigenvalue weighted by Gasteiger charge is 2.43. The fourth-order valence-electron chi connectivity index (χ4n) is 7.25. The highest BCUT2D eigenvalue weighted by Crippen LogP contribution is 2.38. The van der Waals surface area contributed by atoms with Crippen LogP contribution in [-0.2, 0) is 25.9 Å². The molecule has 52 heavy (non-hydrogen) atoms. The van der Waals surface area contributed by atoms with Crippen molar-refractivity contribution in [2.45, 2.75) is 88.0 Å². The largest absolute Gasteiger partial charge is 0.454 e. The molecule has 3 aliphatic rings. The van der Waals surface area contributed by atoms with E-state index < -0.39 is 33.7 Å². The maximum absolute atomic E-state index is 14.4. The summed E-state index contributed by atoms with van der Waals surface area (Å²) in [4.78, 5) is 29.5. The maximum Gasteiger partial charge on any atom is 0.407 e. The number of ether oxygens (including phenoxy) is 4. The Labute approximate surface area is 304 Å². The number of aromatic nitrogens is 2. The molecule has 1 aliphatic carbocycles. The number of carbonyl (C=O) groups excluding carboxylic acids is 2. The van der Waals surface area contributed by atoms with Gasteiger partial charge in [0.25, 0.3) is 0 Å². The van der Waals surface area contributed by atoms with Gasteiger partial charge in [-0.2, -0.15) is 4.31 Å². The number of unbranched alkanes of at least 4 members (excludes halogenated alkanes) is 1. The lowest BCUT2D eigenvalue weighted by molar-refractivity contribution is 0.0507. The number of imidazole rings is 1. The zero-order valence-corrected chi connectivity index (χ0v) is 30.5. The lowest BCUT2D eigenvalue weighted by Gasteiger charge is -2.35. The van der Waals surface area contributed by atoms with Crippen LogP contribution in [0, 0.1) is 11.3 Å². The molecule has 2 aromatic carbocycles. The minimum Gasteiger partial charge on any atom is -0.454 e. The molecule has 5 atom stereocenters. The van der Waals surface area contributed by atoms with Gasteiger partial charge in [-0.15, -0.1) is 0 Å². The van der Waals surface area contributed by atoms with Gasteiger partial charge in [0.05, 0.1) is 29.8 Å². The van der Waals surface area contributed by atoms with Crippen molar-refractivity contribution >= 4 is 22.1 Å². The van der Waals surface area contributed by atoms with Gasteiger partial charge in [-0.1, -0.05) is 57.0 Å². The van der Waals surface area contributed by atoms with E-state index in [4.69, 9.17) is 18.9 Å². The van der Waals surface area contributed by atoms with Crippen LogP contribution < -0.4 is 20.1 Å². The van der Waals surface area contributed by atoms with Crippen molar-refractivity contribution in [1.82, 2.24) is 24.5 Å². The number of hydrogen-bond acceptors (Lipinski definition) is 10. The van der Waals surface area contributed by atoms with Gasteiger partial charge in [0.15, 0.2) is 11.5 Å². The fraction of sp³-hybridized carbons (Fsp3) is 0.541. The van der Waals surface area contributed by atoms with E-state index in [0.717, 1.165) is 24.8 Å². The van der Waals surface area contributed by atoms with Crippen molar-refractivity contribution in [2.75, 3.05) is 33.0 Å². The molecule has 15 heteroatoms. The van der Waals surface area contributed by atoms with Crippen LogP contribution in [-0.4, -0.2) is 96.9 Å². The number of fused-ring (bicyclic) bond motifs is 2. The Morgan fingerprint density at radius 1 is 1.12 bits per heavy atom. The number of carbonyl (C=O) groups is 2. The first-order valence-corrected chi connectivity index (χ1v) is 19.4. The number of hydrogen-bond donors (Lipinski definition) is 3. The Balaban J connectivity index is 1.16. The molecule has 0 bridgehead atoms.